The monoisotopic (exact) mass is 162 g/mol. The van der Waals surface area contributed by atoms with E-state index in [1.54, 1.807) is 12.1 Å². The van der Waals surface area contributed by atoms with E-state index < -0.39 is 0 Å². The molecule has 1 aromatic rings. The first-order chi connectivity index (χ1) is 5.27. The van der Waals surface area contributed by atoms with Gasteiger partial charge in [0, 0.05) is 0 Å². The molecule has 0 bridgehead atoms. The zero-order valence-corrected chi connectivity index (χ0v) is 6.26. The summed E-state index contributed by atoms with van der Waals surface area (Å²) in [6, 6.07) is 8.38. The van der Waals surface area contributed by atoms with Crippen molar-refractivity contribution in [3.63, 3.8) is 0 Å². The van der Waals surface area contributed by atoms with Gasteiger partial charge in [-0.1, -0.05) is 11.6 Å². The SMILES string of the molecule is N#Cc1ccc(Cl)c(C#N)c1. The predicted octanol–water partition coefficient (Wildman–Crippen LogP) is 2.08. The van der Waals surface area contributed by atoms with E-state index in [4.69, 9.17) is 22.1 Å². The quantitative estimate of drug-likeness (QED) is 0.587. The Balaban J connectivity index is 3.29. The molecule has 52 valence electrons. The van der Waals surface area contributed by atoms with Crippen molar-refractivity contribution < 1.29 is 0 Å². The van der Waals surface area contributed by atoms with Crippen molar-refractivity contribution >= 4 is 11.6 Å². The maximum absolute atomic E-state index is 8.49. The highest BCUT2D eigenvalue weighted by Crippen LogP contribution is 2.15. The van der Waals surface area contributed by atoms with Crippen LogP contribution >= 0.6 is 11.6 Å². The van der Waals surface area contributed by atoms with Crippen molar-refractivity contribution in [1.82, 2.24) is 0 Å². The Kier molecular flexibility index (Phi) is 2.11. The van der Waals surface area contributed by atoms with Gasteiger partial charge in [-0.3, -0.25) is 0 Å². The van der Waals surface area contributed by atoms with Crippen molar-refractivity contribution in [2.75, 3.05) is 0 Å². The molecule has 1 rings (SSSR count). The van der Waals surface area contributed by atoms with Gasteiger partial charge in [0.05, 0.1) is 22.2 Å². The van der Waals surface area contributed by atoms with Crippen molar-refractivity contribution in [2.24, 2.45) is 0 Å². The summed E-state index contributed by atoms with van der Waals surface area (Å²) in [5.41, 5.74) is 0.789. The van der Waals surface area contributed by atoms with Gasteiger partial charge in [-0.25, -0.2) is 0 Å². The smallest absolute Gasteiger partial charge is 0.101 e. The molecule has 0 fully saturated rings. The van der Waals surface area contributed by atoms with Crippen LogP contribution in [0, 0.1) is 22.7 Å². The fourth-order valence-corrected chi connectivity index (χ4v) is 0.840. The Morgan fingerprint density at radius 1 is 1.18 bits per heavy atom. The van der Waals surface area contributed by atoms with Crippen LogP contribution in [0.15, 0.2) is 18.2 Å². The van der Waals surface area contributed by atoms with Crippen LogP contribution in [0.3, 0.4) is 0 Å². The van der Waals surface area contributed by atoms with Crippen molar-refractivity contribution in [3.05, 3.63) is 34.3 Å². The van der Waals surface area contributed by atoms with Crippen LogP contribution in [-0.2, 0) is 0 Å². The first kappa shape index (κ1) is 7.60. The van der Waals surface area contributed by atoms with E-state index in [0.29, 0.717) is 16.1 Å². The summed E-state index contributed by atoms with van der Waals surface area (Å²) in [6.45, 7) is 0. The van der Waals surface area contributed by atoms with E-state index in [2.05, 4.69) is 0 Å². The molecule has 1 aromatic carbocycles. The summed E-state index contributed by atoms with van der Waals surface area (Å²) in [5.74, 6) is 0. The second-order valence-corrected chi connectivity index (χ2v) is 2.33. The molecule has 0 spiro atoms. The maximum Gasteiger partial charge on any atom is 0.101 e. The first-order valence-corrected chi connectivity index (χ1v) is 3.25. The Morgan fingerprint density at radius 2 is 1.91 bits per heavy atom. The number of hydrogen-bond acceptors (Lipinski definition) is 2. The van der Waals surface area contributed by atoms with Gasteiger partial charge >= 0.3 is 0 Å². The Bertz CT molecular complexity index is 357. The van der Waals surface area contributed by atoms with Crippen LogP contribution in [0.4, 0.5) is 0 Å². The second-order valence-electron chi connectivity index (χ2n) is 1.92. The highest BCUT2D eigenvalue weighted by molar-refractivity contribution is 6.31. The summed E-state index contributed by atoms with van der Waals surface area (Å²) in [6.07, 6.45) is 0. The van der Waals surface area contributed by atoms with Gasteiger partial charge < -0.3 is 0 Å². The van der Waals surface area contributed by atoms with Crippen LogP contribution in [0.2, 0.25) is 5.02 Å². The normalized spacial score (nSPS) is 8.27. The van der Waals surface area contributed by atoms with E-state index in [1.165, 1.54) is 6.07 Å². The molecular formula is C8H3ClN2. The number of rotatable bonds is 0. The van der Waals surface area contributed by atoms with Gasteiger partial charge in [0.1, 0.15) is 6.07 Å². The molecule has 0 radical (unpaired) electrons. The number of benzene rings is 1. The molecule has 2 nitrogen and oxygen atoms in total. The molecule has 0 unspecified atom stereocenters. The molecule has 0 atom stereocenters. The average molecular weight is 163 g/mol. The fraction of sp³-hybridized carbons (Fsp3) is 0. The lowest BCUT2D eigenvalue weighted by atomic mass is 10.1. The molecule has 0 aliphatic rings. The zero-order valence-electron chi connectivity index (χ0n) is 5.50. The third kappa shape index (κ3) is 1.49. The summed E-state index contributed by atoms with van der Waals surface area (Å²) in [4.78, 5) is 0. The molecule has 0 N–H and O–H groups in total. The van der Waals surface area contributed by atoms with E-state index in [9.17, 15) is 0 Å². The average Bonchev–Trinajstić information content (AvgIpc) is 2.05. The van der Waals surface area contributed by atoms with Crippen molar-refractivity contribution in [1.29, 1.82) is 10.5 Å². The Morgan fingerprint density at radius 3 is 2.45 bits per heavy atom. The largest absolute Gasteiger partial charge is 0.192 e. The first-order valence-electron chi connectivity index (χ1n) is 2.87. The molecule has 0 heterocycles. The molecule has 0 saturated carbocycles. The van der Waals surface area contributed by atoms with E-state index in [-0.39, 0.29) is 0 Å². The van der Waals surface area contributed by atoms with Gasteiger partial charge in [-0.2, -0.15) is 10.5 Å². The minimum absolute atomic E-state index is 0.339. The Hall–Kier alpha value is -1.51. The van der Waals surface area contributed by atoms with Gasteiger partial charge in [-0.05, 0) is 18.2 Å². The minimum Gasteiger partial charge on any atom is -0.192 e. The van der Waals surface area contributed by atoms with Gasteiger partial charge in [0.2, 0.25) is 0 Å². The van der Waals surface area contributed by atoms with E-state index in [1.807, 2.05) is 12.1 Å². The molecule has 0 aliphatic carbocycles. The predicted molar refractivity (Wildman–Crippen MR) is 40.9 cm³/mol. The lowest BCUT2D eigenvalue weighted by Gasteiger charge is -1.92. The van der Waals surface area contributed by atoms with Crippen molar-refractivity contribution in [3.8, 4) is 12.1 Å². The lowest BCUT2D eigenvalue weighted by Crippen LogP contribution is -1.79. The van der Waals surface area contributed by atoms with Crippen molar-refractivity contribution in [2.45, 2.75) is 0 Å². The van der Waals surface area contributed by atoms with Crippen LogP contribution in [-0.4, -0.2) is 0 Å². The molecule has 0 amide bonds. The third-order valence-corrected chi connectivity index (χ3v) is 1.55. The fourth-order valence-electron chi connectivity index (χ4n) is 0.681. The summed E-state index contributed by atoms with van der Waals surface area (Å²) < 4.78 is 0. The van der Waals surface area contributed by atoms with Crippen LogP contribution in [0.1, 0.15) is 11.1 Å². The van der Waals surface area contributed by atoms with E-state index >= 15 is 0 Å². The molecule has 3 heteroatoms. The summed E-state index contributed by atoms with van der Waals surface area (Å²) in [7, 11) is 0. The summed E-state index contributed by atoms with van der Waals surface area (Å²) in [5, 5.41) is 17.3. The second kappa shape index (κ2) is 3.05. The number of halogens is 1. The topological polar surface area (TPSA) is 47.6 Å². The van der Waals surface area contributed by atoms with Crippen LogP contribution in [0.25, 0.3) is 0 Å². The van der Waals surface area contributed by atoms with Gasteiger partial charge in [0.25, 0.3) is 0 Å². The highest BCUT2D eigenvalue weighted by atomic mass is 35.5. The standard InChI is InChI=1S/C8H3ClN2/c9-8-2-1-6(4-10)3-7(8)5-11/h1-3H. The molecular weight excluding hydrogens is 160 g/mol. The molecule has 0 aromatic heterocycles. The highest BCUT2D eigenvalue weighted by Gasteiger charge is 1.98. The number of nitriles is 2. The van der Waals surface area contributed by atoms with Gasteiger partial charge in [0.15, 0.2) is 0 Å². The number of nitrogens with zero attached hydrogens (tertiary/aromatic N) is 2. The molecule has 0 aliphatic heterocycles. The van der Waals surface area contributed by atoms with Gasteiger partial charge in [-0.15, -0.1) is 0 Å². The number of hydrogen-bond donors (Lipinski definition) is 0. The minimum atomic E-state index is 0.339. The third-order valence-electron chi connectivity index (χ3n) is 1.22. The lowest BCUT2D eigenvalue weighted by molar-refractivity contribution is 1.45. The zero-order chi connectivity index (χ0) is 8.27. The van der Waals surface area contributed by atoms with E-state index in [0.717, 1.165) is 0 Å². The summed E-state index contributed by atoms with van der Waals surface area (Å²) >= 11 is 5.62. The maximum atomic E-state index is 8.49. The Labute approximate surface area is 69.2 Å². The van der Waals surface area contributed by atoms with Crippen LogP contribution in [0.5, 0.6) is 0 Å². The molecule has 0 saturated heterocycles. The molecule has 11 heavy (non-hydrogen) atoms. The van der Waals surface area contributed by atoms with Crippen LogP contribution < -0.4 is 0 Å².